The standard InChI is InChI=1S/C23H32N4O5.C7H7Cl/c1-15(28)21-22(30)26-14-19(29)24-11-5-7-16-6-3-4-8-18(16)32-13-12-25-20(17-9-10-17)23(31)27(21)2;1-6-2-4-7(8)5-3-6/h3-8,15,17,20-21,25,28H,9-14H2,1-2H3,(H,24,29)(H,26,30);2-5H,1H3/b7-5+;. The molecule has 3 atom stereocenters. The molecule has 2 aromatic carbocycles. The number of nitrogens with one attached hydrogen (secondary N) is 3. The number of fused-ring (bicyclic) bond motifs is 1. The molecule has 216 valence electrons. The average Bonchev–Trinajstić information content (AvgIpc) is 3.77. The Kier molecular flexibility index (Phi) is 12.0. The Hall–Kier alpha value is -3.40. The van der Waals surface area contributed by atoms with Crippen molar-refractivity contribution in [3.63, 3.8) is 0 Å². The summed E-state index contributed by atoms with van der Waals surface area (Å²) in [5.74, 6) is -0.304. The Bertz CT molecular complexity index is 1150. The van der Waals surface area contributed by atoms with E-state index in [2.05, 4.69) is 16.0 Å². The van der Waals surface area contributed by atoms with E-state index in [1.807, 2.05) is 61.5 Å². The number of ether oxygens (including phenoxy) is 1. The van der Waals surface area contributed by atoms with Crippen LogP contribution in [-0.4, -0.2) is 79.2 Å². The maximum Gasteiger partial charge on any atom is 0.245 e. The van der Waals surface area contributed by atoms with Gasteiger partial charge in [0.05, 0.1) is 18.7 Å². The van der Waals surface area contributed by atoms with Gasteiger partial charge in [0, 0.05) is 30.7 Å². The fourth-order valence-electron chi connectivity index (χ4n) is 4.31. The van der Waals surface area contributed by atoms with Crippen molar-refractivity contribution in [3.05, 3.63) is 70.8 Å². The highest BCUT2D eigenvalue weighted by Gasteiger charge is 2.41. The molecule has 0 bridgehead atoms. The second-order valence-electron chi connectivity index (χ2n) is 10.0. The van der Waals surface area contributed by atoms with Crippen LogP contribution in [0.25, 0.3) is 6.08 Å². The lowest BCUT2D eigenvalue weighted by Crippen LogP contribution is -2.58. The number of rotatable bonds is 2. The second-order valence-corrected chi connectivity index (χ2v) is 10.4. The second kappa shape index (κ2) is 15.4. The van der Waals surface area contributed by atoms with Crippen molar-refractivity contribution < 1.29 is 24.2 Å². The minimum absolute atomic E-state index is 0.189. The number of carbonyl (C=O) groups excluding carboxylic acids is 3. The average molecular weight is 571 g/mol. The Morgan fingerprint density at radius 1 is 1.05 bits per heavy atom. The number of amides is 3. The molecule has 3 amide bonds. The molecule has 1 aliphatic carbocycles. The molecule has 4 rings (SSSR count). The summed E-state index contributed by atoms with van der Waals surface area (Å²) < 4.78 is 5.91. The molecule has 0 aromatic heterocycles. The van der Waals surface area contributed by atoms with Crippen LogP contribution in [-0.2, 0) is 14.4 Å². The molecular formula is C30H39ClN4O5. The van der Waals surface area contributed by atoms with Gasteiger partial charge in [-0.25, -0.2) is 0 Å². The minimum Gasteiger partial charge on any atom is -0.492 e. The Morgan fingerprint density at radius 3 is 2.40 bits per heavy atom. The van der Waals surface area contributed by atoms with Gasteiger partial charge in [-0.3, -0.25) is 14.4 Å². The fourth-order valence-corrected chi connectivity index (χ4v) is 4.44. The van der Waals surface area contributed by atoms with E-state index in [4.69, 9.17) is 16.3 Å². The topological polar surface area (TPSA) is 120 Å². The maximum atomic E-state index is 13.2. The van der Waals surface area contributed by atoms with Gasteiger partial charge in [0.1, 0.15) is 18.4 Å². The van der Waals surface area contributed by atoms with Crippen molar-refractivity contribution in [2.75, 3.05) is 33.3 Å². The third kappa shape index (κ3) is 9.66. The quantitative estimate of drug-likeness (QED) is 0.440. The van der Waals surface area contributed by atoms with Crippen LogP contribution in [0.3, 0.4) is 0 Å². The summed E-state index contributed by atoms with van der Waals surface area (Å²) in [7, 11) is 1.51. The van der Waals surface area contributed by atoms with Crippen molar-refractivity contribution in [2.24, 2.45) is 5.92 Å². The molecule has 0 spiro atoms. The van der Waals surface area contributed by atoms with E-state index >= 15 is 0 Å². The van der Waals surface area contributed by atoms with Gasteiger partial charge < -0.3 is 30.7 Å². The van der Waals surface area contributed by atoms with Crippen molar-refractivity contribution in [1.82, 2.24) is 20.9 Å². The first-order chi connectivity index (χ1) is 19.2. The number of aliphatic hydroxyl groups excluding tert-OH is 1. The van der Waals surface area contributed by atoms with E-state index in [9.17, 15) is 19.5 Å². The number of halogens is 1. The van der Waals surface area contributed by atoms with Crippen LogP contribution in [0.2, 0.25) is 5.02 Å². The summed E-state index contributed by atoms with van der Waals surface area (Å²) in [6.07, 6.45) is 4.42. The monoisotopic (exact) mass is 570 g/mol. The maximum absolute atomic E-state index is 13.2. The molecule has 1 aliphatic heterocycles. The van der Waals surface area contributed by atoms with Gasteiger partial charge in [-0.1, -0.05) is 59.6 Å². The molecule has 9 nitrogen and oxygen atoms in total. The van der Waals surface area contributed by atoms with Gasteiger partial charge in [-0.2, -0.15) is 0 Å². The fraction of sp³-hybridized carbons (Fsp3) is 0.433. The highest BCUT2D eigenvalue weighted by Crippen LogP contribution is 2.33. The molecule has 3 unspecified atom stereocenters. The predicted molar refractivity (Wildman–Crippen MR) is 156 cm³/mol. The minimum atomic E-state index is -1.10. The van der Waals surface area contributed by atoms with Crippen LogP contribution < -0.4 is 20.7 Å². The molecule has 1 fully saturated rings. The molecule has 0 radical (unpaired) electrons. The molecule has 2 aliphatic rings. The normalized spacial score (nSPS) is 22.6. The van der Waals surface area contributed by atoms with Crippen LogP contribution >= 0.6 is 11.6 Å². The summed E-state index contributed by atoms with van der Waals surface area (Å²) in [5.41, 5.74) is 2.12. The number of aryl methyl sites for hydroxylation is 1. The van der Waals surface area contributed by atoms with Crippen molar-refractivity contribution >= 4 is 35.4 Å². The smallest absolute Gasteiger partial charge is 0.245 e. The Labute approximate surface area is 240 Å². The summed E-state index contributed by atoms with van der Waals surface area (Å²) in [5, 5.41) is 19.5. The van der Waals surface area contributed by atoms with Crippen molar-refractivity contribution in [1.29, 1.82) is 0 Å². The van der Waals surface area contributed by atoms with Gasteiger partial charge in [0.25, 0.3) is 0 Å². The molecule has 4 N–H and O–H groups in total. The number of nitrogens with zero attached hydrogens (tertiary/aromatic N) is 1. The Morgan fingerprint density at radius 2 is 1.75 bits per heavy atom. The van der Waals surface area contributed by atoms with Gasteiger partial charge >= 0.3 is 0 Å². The molecule has 10 heteroatoms. The van der Waals surface area contributed by atoms with Crippen LogP contribution in [0.15, 0.2) is 54.6 Å². The van der Waals surface area contributed by atoms with E-state index in [-0.39, 0.29) is 30.8 Å². The zero-order chi connectivity index (χ0) is 29.1. The van der Waals surface area contributed by atoms with Crippen molar-refractivity contribution in [2.45, 2.75) is 44.9 Å². The highest BCUT2D eigenvalue weighted by molar-refractivity contribution is 6.30. The molecular weight excluding hydrogens is 532 g/mol. The summed E-state index contributed by atoms with van der Waals surface area (Å²) in [6.45, 7) is 4.35. The van der Waals surface area contributed by atoms with E-state index in [0.29, 0.717) is 18.9 Å². The summed E-state index contributed by atoms with van der Waals surface area (Å²) in [4.78, 5) is 39.2. The first kappa shape index (κ1) is 31.1. The van der Waals surface area contributed by atoms with Gasteiger partial charge in [0.15, 0.2) is 0 Å². The van der Waals surface area contributed by atoms with Crippen molar-refractivity contribution in [3.8, 4) is 5.75 Å². The number of likely N-dealkylation sites (N-methyl/N-ethyl adjacent to an activating group) is 1. The van der Waals surface area contributed by atoms with E-state index in [0.717, 1.165) is 23.4 Å². The van der Waals surface area contributed by atoms with Gasteiger partial charge in [-0.05, 0) is 50.8 Å². The SMILES string of the molecule is CC(O)C1C(=O)NCC(=O)NC/C=C/c2ccccc2OCCNC(C2CC2)C(=O)N1C.Cc1ccc(Cl)cc1. The first-order valence-electron chi connectivity index (χ1n) is 13.5. The van der Waals surface area contributed by atoms with E-state index in [1.165, 1.54) is 24.4 Å². The van der Waals surface area contributed by atoms with E-state index < -0.39 is 24.1 Å². The van der Waals surface area contributed by atoms with Gasteiger partial charge in [0.2, 0.25) is 17.7 Å². The summed E-state index contributed by atoms with van der Waals surface area (Å²) >= 11 is 5.61. The lowest BCUT2D eigenvalue weighted by molar-refractivity contribution is -0.144. The third-order valence-corrected chi connectivity index (χ3v) is 6.89. The third-order valence-electron chi connectivity index (χ3n) is 6.64. The number of para-hydroxylation sites is 1. The number of aliphatic hydroxyl groups is 1. The number of carbonyl (C=O) groups is 3. The predicted octanol–water partition coefficient (Wildman–Crippen LogP) is 2.55. The Balaban J connectivity index is 0.000000472. The van der Waals surface area contributed by atoms with Crippen LogP contribution in [0.1, 0.15) is 30.9 Å². The molecule has 1 saturated carbocycles. The highest BCUT2D eigenvalue weighted by atomic mass is 35.5. The number of benzene rings is 2. The van der Waals surface area contributed by atoms with E-state index in [1.54, 1.807) is 6.08 Å². The molecule has 0 saturated heterocycles. The molecule has 2 aromatic rings. The number of hydrogen-bond donors (Lipinski definition) is 4. The zero-order valence-corrected chi connectivity index (χ0v) is 24.0. The lowest BCUT2D eigenvalue weighted by Gasteiger charge is -2.32. The first-order valence-corrected chi connectivity index (χ1v) is 13.9. The molecule has 1 heterocycles. The summed E-state index contributed by atoms with van der Waals surface area (Å²) in [6, 6.07) is 13.8. The van der Waals surface area contributed by atoms with Crippen LogP contribution in [0.4, 0.5) is 0 Å². The van der Waals surface area contributed by atoms with Gasteiger partial charge in [-0.15, -0.1) is 0 Å². The van der Waals surface area contributed by atoms with Crippen LogP contribution in [0, 0.1) is 12.8 Å². The number of hydrogen-bond acceptors (Lipinski definition) is 6. The van der Waals surface area contributed by atoms with Crippen LogP contribution in [0.5, 0.6) is 5.75 Å². The lowest BCUT2D eigenvalue weighted by atomic mass is 10.1. The zero-order valence-electron chi connectivity index (χ0n) is 23.2. The largest absolute Gasteiger partial charge is 0.492 e. The molecule has 40 heavy (non-hydrogen) atoms.